The van der Waals surface area contributed by atoms with Crippen molar-refractivity contribution in [1.82, 2.24) is 58.7 Å². The van der Waals surface area contributed by atoms with Crippen LogP contribution in [-0.4, -0.2) is 137 Å². The van der Waals surface area contributed by atoms with E-state index in [1.807, 2.05) is 0 Å². The molecule has 4 aromatic rings. The van der Waals surface area contributed by atoms with Gasteiger partial charge in [-0.1, -0.05) is 95.9 Å². The van der Waals surface area contributed by atoms with Crippen LogP contribution in [0.1, 0.15) is 247 Å². The largest absolute Gasteiger partial charge is 0.303 e. The molecule has 84 heavy (non-hydrogen) atoms. The van der Waals surface area contributed by atoms with Gasteiger partial charge in [0.25, 0.3) is 0 Å². The minimum Gasteiger partial charge on any atom is -0.303 e. The summed E-state index contributed by atoms with van der Waals surface area (Å²) >= 11 is 0. The van der Waals surface area contributed by atoms with E-state index >= 15 is 0 Å². The van der Waals surface area contributed by atoms with Gasteiger partial charge in [-0.25, -0.2) is 0 Å². The summed E-state index contributed by atoms with van der Waals surface area (Å²) < 4.78 is 8.97. The monoisotopic (exact) mass is 1160 g/mol. The van der Waals surface area contributed by atoms with Gasteiger partial charge >= 0.3 is 0 Å². The summed E-state index contributed by atoms with van der Waals surface area (Å²) in [6, 6.07) is 1.25. The highest BCUT2D eigenvalue weighted by Gasteiger charge is 2.43. The van der Waals surface area contributed by atoms with Gasteiger partial charge in [0.1, 0.15) is 0 Å². The SMILES string of the molecule is CC(C)Cc1cnn(C2(C)CCN(CC3(C)CC3)CC2)c1.CC(C)Cc1cnn(C2(C)CCN(CC3(C)CCC3)CC2)c1.CC(C)Cc1cnn(C2CCN(CC3(C)CC3)CC2)c1.CC(C)Cc1cnn(C2CCN(CC3(C)CCC3)CC2)c1. The molecule has 0 aromatic carbocycles. The van der Waals surface area contributed by atoms with E-state index in [2.05, 4.69) is 205 Å². The van der Waals surface area contributed by atoms with Crippen LogP contribution in [0.5, 0.6) is 0 Å². The molecule has 4 aromatic heterocycles. The Kier molecular flexibility index (Phi) is 21.7. The molecule has 4 aliphatic carbocycles. The van der Waals surface area contributed by atoms with Crippen molar-refractivity contribution in [3.63, 3.8) is 0 Å². The van der Waals surface area contributed by atoms with Crippen LogP contribution in [0.4, 0.5) is 0 Å². The van der Waals surface area contributed by atoms with Gasteiger partial charge in [0.2, 0.25) is 0 Å². The Morgan fingerprint density at radius 2 is 0.607 bits per heavy atom. The predicted octanol–water partition coefficient (Wildman–Crippen LogP) is 15.2. The third kappa shape index (κ3) is 18.9. The van der Waals surface area contributed by atoms with E-state index in [4.69, 9.17) is 0 Å². The third-order valence-electron chi connectivity index (χ3n) is 21.7. The van der Waals surface area contributed by atoms with Gasteiger partial charge in [-0.3, -0.25) is 18.7 Å². The first-order chi connectivity index (χ1) is 39.8. The zero-order chi connectivity index (χ0) is 59.9. The second-order valence-electron chi connectivity index (χ2n) is 33.1. The molecule has 0 N–H and O–H groups in total. The molecular formula is C72H124N12. The number of rotatable bonds is 20. The van der Waals surface area contributed by atoms with E-state index in [0.29, 0.717) is 57.4 Å². The molecule has 472 valence electrons. The van der Waals surface area contributed by atoms with Crippen LogP contribution in [0, 0.1) is 45.3 Å². The highest BCUT2D eigenvalue weighted by atomic mass is 15.3. The molecule has 4 saturated heterocycles. The number of likely N-dealkylation sites (tertiary alicyclic amines) is 4. The van der Waals surface area contributed by atoms with E-state index in [0.717, 1.165) is 25.7 Å². The summed E-state index contributed by atoms with van der Waals surface area (Å²) in [5.41, 5.74) is 8.55. The van der Waals surface area contributed by atoms with Gasteiger partial charge in [-0.15, -0.1) is 0 Å². The molecule has 0 atom stereocenters. The highest BCUT2D eigenvalue weighted by molar-refractivity contribution is 5.10. The lowest BCUT2D eigenvalue weighted by Gasteiger charge is -2.46. The van der Waals surface area contributed by atoms with Crippen molar-refractivity contribution in [3.8, 4) is 0 Å². The van der Waals surface area contributed by atoms with Crippen molar-refractivity contribution in [2.24, 2.45) is 45.3 Å². The van der Waals surface area contributed by atoms with Gasteiger partial charge in [0.05, 0.1) is 47.9 Å². The Bertz CT molecular complexity index is 2560. The number of aromatic nitrogens is 8. The van der Waals surface area contributed by atoms with Crippen molar-refractivity contribution in [3.05, 3.63) is 71.8 Å². The Morgan fingerprint density at radius 3 is 0.869 bits per heavy atom. The quantitative estimate of drug-likeness (QED) is 0.0865. The third-order valence-corrected chi connectivity index (χ3v) is 21.7. The fourth-order valence-electron chi connectivity index (χ4n) is 15.1. The van der Waals surface area contributed by atoms with Crippen LogP contribution in [-0.2, 0) is 36.8 Å². The maximum atomic E-state index is 4.69. The van der Waals surface area contributed by atoms with E-state index < -0.39 is 0 Å². The molecule has 12 nitrogen and oxygen atoms in total. The molecule has 12 rings (SSSR count). The lowest BCUT2D eigenvalue weighted by atomic mass is 9.70. The Hall–Kier alpha value is -3.32. The summed E-state index contributed by atoms with van der Waals surface area (Å²) in [7, 11) is 0. The standard InChI is InChI=1S/C19H33N3.2C18H31N3.C17H29N3/c1-16(2)12-17-13-20-22(14-17)19(4)8-10-21(11-9-19)15-18(3)6-5-7-18;1-15(2)11-16-12-19-21(13-16)17-5-9-20(10-6-17)14-18(3)7-4-8-18;1-15(2)11-16-12-19-21(13-16)18(4)7-9-20(10-8-18)14-17(3)5-6-17;1-14(2)10-15-11-18-20(12-15)16-4-8-19(9-5-16)13-17(3)6-7-17/h13-14,16H,5-12,15H2,1-4H3;12-13,15,17H,4-11,14H2,1-3H3;12-13,15H,5-11,14H2,1-4H3;11-12,14,16H,4-10,13H2,1-3H3. The molecule has 0 amide bonds. The fraction of sp³-hybridized carbons (Fsp3) is 0.833. The van der Waals surface area contributed by atoms with Crippen molar-refractivity contribution in [2.45, 2.75) is 261 Å². The van der Waals surface area contributed by atoms with Crippen LogP contribution in [0.2, 0.25) is 0 Å². The van der Waals surface area contributed by atoms with Crippen LogP contribution in [0.15, 0.2) is 49.6 Å². The number of nitrogens with zero attached hydrogens (tertiary/aromatic N) is 12. The van der Waals surface area contributed by atoms with Crippen LogP contribution < -0.4 is 0 Å². The molecular weight excluding hydrogens is 1030 g/mol. The molecule has 0 radical (unpaired) electrons. The smallest absolute Gasteiger partial charge is 0.0624 e. The van der Waals surface area contributed by atoms with Gasteiger partial charge in [0, 0.05) is 103 Å². The summed E-state index contributed by atoms with van der Waals surface area (Å²) in [4.78, 5) is 10.7. The normalized spacial score (nSPS) is 23.9. The summed E-state index contributed by atoms with van der Waals surface area (Å²) in [5, 5.41) is 18.6. The average molecular weight is 1160 g/mol. The lowest BCUT2D eigenvalue weighted by molar-refractivity contribution is 0.0427. The molecule has 0 bridgehead atoms. The van der Waals surface area contributed by atoms with Crippen molar-refractivity contribution in [1.29, 1.82) is 0 Å². The summed E-state index contributed by atoms with van der Waals surface area (Å²) in [6.07, 6.45) is 46.3. The molecule has 8 aliphatic rings. The van der Waals surface area contributed by atoms with Crippen LogP contribution >= 0.6 is 0 Å². The number of hydrogen-bond acceptors (Lipinski definition) is 8. The number of piperidine rings is 4. The molecule has 8 heterocycles. The molecule has 4 aliphatic heterocycles. The Labute approximate surface area is 513 Å². The zero-order valence-corrected chi connectivity index (χ0v) is 56.5. The summed E-state index contributed by atoms with van der Waals surface area (Å²) in [6.45, 7) is 47.9. The molecule has 8 fully saturated rings. The first-order valence-electron chi connectivity index (χ1n) is 34.9. The van der Waals surface area contributed by atoms with Crippen LogP contribution in [0.3, 0.4) is 0 Å². The van der Waals surface area contributed by atoms with Crippen molar-refractivity contribution in [2.75, 3.05) is 78.5 Å². The maximum absolute atomic E-state index is 4.69. The maximum Gasteiger partial charge on any atom is 0.0624 e. The molecule has 0 spiro atoms. The first-order valence-corrected chi connectivity index (χ1v) is 34.9. The van der Waals surface area contributed by atoms with E-state index in [1.54, 1.807) is 0 Å². The van der Waals surface area contributed by atoms with Gasteiger partial charge in [-0.05, 0) is 210 Å². The molecule has 0 unspecified atom stereocenters. The Balaban J connectivity index is 0.000000134. The van der Waals surface area contributed by atoms with Crippen molar-refractivity contribution >= 4 is 0 Å². The second-order valence-corrected chi connectivity index (χ2v) is 33.1. The summed E-state index contributed by atoms with van der Waals surface area (Å²) in [5.74, 6) is 2.84. The van der Waals surface area contributed by atoms with Crippen molar-refractivity contribution < 1.29 is 0 Å². The average Bonchev–Trinajstić information content (AvgIpc) is 4.08. The topological polar surface area (TPSA) is 84.2 Å². The van der Waals surface area contributed by atoms with Gasteiger partial charge < -0.3 is 19.6 Å². The minimum atomic E-state index is 0.215. The van der Waals surface area contributed by atoms with E-state index in [1.165, 1.54) is 216 Å². The number of hydrogen-bond donors (Lipinski definition) is 0. The van der Waals surface area contributed by atoms with E-state index in [9.17, 15) is 0 Å². The zero-order valence-electron chi connectivity index (χ0n) is 56.5. The van der Waals surface area contributed by atoms with Gasteiger partial charge in [-0.2, -0.15) is 20.4 Å². The highest BCUT2D eigenvalue weighted by Crippen LogP contribution is 2.48. The minimum absolute atomic E-state index is 0.215. The predicted molar refractivity (Wildman–Crippen MR) is 350 cm³/mol. The Morgan fingerprint density at radius 1 is 0.345 bits per heavy atom. The first kappa shape index (κ1) is 65.1. The second kappa shape index (κ2) is 28.0. The molecule has 12 heteroatoms. The fourth-order valence-corrected chi connectivity index (χ4v) is 15.1. The molecule has 4 saturated carbocycles. The lowest BCUT2D eigenvalue weighted by Crippen LogP contribution is -2.48. The van der Waals surface area contributed by atoms with Crippen LogP contribution in [0.25, 0.3) is 0 Å². The van der Waals surface area contributed by atoms with E-state index in [-0.39, 0.29) is 11.1 Å². The van der Waals surface area contributed by atoms with Gasteiger partial charge in [0.15, 0.2) is 0 Å².